The Morgan fingerprint density at radius 2 is 2.33 bits per heavy atom. The van der Waals surface area contributed by atoms with E-state index in [1.54, 1.807) is 0 Å². The Labute approximate surface area is 71.0 Å². The van der Waals surface area contributed by atoms with E-state index in [2.05, 4.69) is 0 Å². The number of hydrogen-bond donors (Lipinski definition) is 1. The van der Waals surface area contributed by atoms with Crippen LogP contribution in [0.3, 0.4) is 0 Å². The molecular formula is C9H11NO2. The topological polar surface area (TPSA) is 61.1 Å². The first kappa shape index (κ1) is 7.75. The van der Waals surface area contributed by atoms with Crippen LogP contribution in [0.4, 0.5) is 0 Å². The minimum Gasteiger partial charge on any atom is -0.375 e. The van der Waals surface area contributed by atoms with Gasteiger partial charge >= 0.3 is 0 Å². The van der Waals surface area contributed by atoms with Gasteiger partial charge in [0.2, 0.25) is 0 Å². The van der Waals surface area contributed by atoms with Gasteiger partial charge in [-0.2, -0.15) is 5.26 Å². The minimum absolute atomic E-state index is 0.0420. The van der Waals surface area contributed by atoms with Crippen LogP contribution in [0.2, 0.25) is 0 Å². The molecule has 64 valence electrons. The molecule has 0 aromatic rings. The molecule has 3 nitrogen and oxygen atoms in total. The van der Waals surface area contributed by atoms with Crippen LogP contribution in [0.1, 0.15) is 25.7 Å². The van der Waals surface area contributed by atoms with Crippen molar-refractivity contribution in [3.05, 3.63) is 0 Å². The number of fused-ring (bicyclic) bond motifs is 3. The molecule has 3 rings (SSSR count). The first-order chi connectivity index (χ1) is 5.65. The van der Waals surface area contributed by atoms with Crippen molar-refractivity contribution in [3.63, 3.8) is 0 Å². The number of Topliss-reactive ketones (excluding diaryl/α,β-unsaturated/α-hetero) is 1. The van der Waals surface area contributed by atoms with Crippen LogP contribution in [0.15, 0.2) is 0 Å². The second kappa shape index (κ2) is 2.30. The van der Waals surface area contributed by atoms with Crippen molar-refractivity contribution in [2.24, 2.45) is 11.8 Å². The Balaban J connectivity index is 2.28. The molecule has 3 fully saturated rings. The van der Waals surface area contributed by atoms with Crippen molar-refractivity contribution >= 4 is 5.78 Å². The molecule has 0 heterocycles. The molecule has 0 saturated heterocycles. The van der Waals surface area contributed by atoms with Gasteiger partial charge in [0, 0.05) is 18.3 Å². The summed E-state index contributed by atoms with van der Waals surface area (Å²) in [6.07, 6.45) is 2.48. The Hall–Kier alpha value is -0.880. The highest BCUT2D eigenvalue weighted by Gasteiger charge is 2.50. The second-order valence-corrected chi connectivity index (χ2v) is 3.88. The number of aliphatic hydroxyl groups is 1. The number of carbonyl (C=O) groups excluding carboxylic acids is 1. The smallest absolute Gasteiger partial charge is 0.154 e. The number of rotatable bonds is 0. The fourth-order valence-corrected chi connectivity index (χ4v) is 2.38. The number of nitrogens with zero attached hydrogens (tertiary/aromatic N) is 1. The highest BCUT2D eigenvalue weighted by Crippen LogP contribution is 2.45. The SMILES string of the molecule is N#CC1(O)CC2CCC1CC2=O. The highest BCUT2D eigenvalue weighted by molar-refractivity contribution is 5.83. The van der Waals surface area contributed by atoms with Crippen LogP contribution in [0, 0.1) is 23.2 Å². The van der Waals surface area contributed by atoms with Gasteiger partial charge < -0.3 is 5.11 Å². The molecule has 3 aliphatic carbocycles. The van der Waals surface area contributed by atoms with E-state index < -0.39 is 5.60 Å². The van der Waals surface area contributed by atoms with Crippen LogP contribution in [0.5, 0.6) is 0 Å². The lowest BCUT2D eigenvalue weighted by molar-refractivity contribution is -0.140. The molecule has 2 bridgehead atoms. The van der Waals surface area contributed by atoms with Crippen molar-refractivity contribution in [1.29, 1.82) is 5.26 Å². The summed E-state index contributed by atoms with van der Waals surface area (Å²) in [6.45, 7) is 0. The van der Waals surface area contributed by atoms with E-state index in [0.717, 1.165) is 12.8 Å². The fourth-order valence-electron chi connectivity index (χ4n) is 2.38. The third-order valence-corrected chi connectivity index (χ3v) is 3.19. The van der Waals surface area contributed by atoms with Gasteiger partial charge in [-0.3, -0.25) is 4.79 Å². The first-order valence-electron chi connectivity index (χ1n) is 4.32. The second-order valence-electron chi connectivity index (χ2n) is 3.88. The minimum atomic E-state index is -1.20. The lowest BCUT2D eigenvalue weighted by atomic mass is 9.62. The molecule has 0 aromatic carbocycles. The van der Waals surface area contributed by atoms with Crippen molar-refractivity contribution < 1.29 is 9.90 Å². The average Bonchev–Trinajstić information content (AvgIpc) is 2.08. The molecule has 3 unspecified atom stereocenters. The summed E-state index contributed by atoms with van der Waals surface area (Å²) in [6, 6.07) is 1.94. The van der Waals surface area contributed by atoms with Crippen molar-refractivity contribution in [1.82, 2.24) is 0 Å². The molecule has 0 aromatic heterocycles. The van der Waals surface area contributed by atoms with Crippen LogP contribution >= 0.6 is 0 Å². The Morgan fingerprint density at radius 3 is 2.75 bits per heavy atom. The Morgan fingerprint density at radius 1 is 1.58 bits per heavy atom. The molecule has 0 radical (unpaired) electrons. The lowest BCUT2D eigenvalue weighted by Gasteiger charge is -2.43. The van der Waals surface area contributed by atoms with Gasteiger partial charge in [0.15, 0.2) is 5.60 Å². The van der Waals surface area contributed by atoms with Crippen LogP contribution in [0.25, 0.3) is 0 Å². The molecule has 3 atom stereocenters. The Kier molecular flexibility index (Phi) is 1.49. The van der Waals surface area contributed by atoms with E-state index in [1.807, 2.05) is 6.07 Å². The zero-order valence-corrected chi connectivity index (χ0v) is 6.79. The van der Waals surface area contributed by atoms with E-state index in [1.165, 1.54) is 0 Å². The Bertz CT molecular complexity index is 268. The largest absolute Gasteiger partial charge is 0.375 e. The quantitative estimate of drug-likeness (QED) is 0.535. The summed E-state index contributed by atoms with van der Waals surface area (Å²) >= 11 is 0. The summed E-state index contributed by atoms with van der Waals surface area (Å²) in [5.74, 6) is 0.103. The van der Waals surface area contributed by atoms with Crippen molar-refractivity contribution in [2.45, 2.75) is 31.3 Å². The maximum absolute atomic E-state index is 11.2. The molecular weight excluding hydrogens is 154 g/mol. The molecule has 3 aliphatic rings. The molecule has 1 N–H and O–H groups in total. The molecule has 0 aliphatic heterocycles. The summed E-state index contributed by atoms with van der Waals surface area (Å²) in [5.41, 5.74) is -1.20. The zero-order chi connectivity index (χ0) is 8.77. The van der Waals surface area contributed by atoms with Gasteiger partial charge in [-0.25, -0.2) is 0 Å². The monoisotopic (exact) mass is 165 g/mol. The maximum atomic E-state index is 11.2. The van der Waals surface area contributed by atoms with Crippen LogP contribution in [-0.2, 0) is 4.79 Å². The van der Waals surface area contributed by atoms with Gasteiger partial charge in [-0.1, -0.05) is 0 Å². The summed E-state index contributed by atoms with van der Waals surface area (Å²) in [5, 5.41) is 18.5. The number of nitriles is 1. The van der Waals surface area contributed by atoms with Crippen LogP contribution in [-0.4, -0.2) is 16.5 Å². The summed E-state index contributed by atoms with van der Waals surface area (Å²) in [7, 11) is 0. The van der Waals surface area contributed by atoms with Crippen LogP contribution < -0.4 is 0 Å². The van der Waals surface area contributed by atoms with E-state index in [0.29, 0.717) is 12.8 Å². The fraction of sp³-hybridized carbons (Fsp3) is 0.778. The predicted molar refractivity (Wildman–Crippen MR) is 41.0 cm³/mol. The third kappa shape index (κ3) is 0.881. The molecule has 3 heteroatoms. The van der Waals surface area contributed by atoms with Gasteiger partial charge in [-0.05, 0) is 19.3 Å². The first-order valence-corrected chi connectivity index (χ1v) is 4.32. The lowest BCUT2D eigenvalue weighted by Crippen LogP contribution is -2.50. The van der Waals surface area contributed by atoms with Crippen molar-refractivity contribution in [3.8, 4) is 6.07 Å². The predicted octanol–water partition coefficient (Wildman–Crippen LogP) is 0.630. The van der Waals surface area contributed by atoms with Gasteiger partial charge in [0.1, 0.15) is 5.78 Å². The van der Waals surface area contributed by atoms with E-state index in [9.17, 15) is 9.90 Å². The van der Waals surface area contributed by atoms with Crippen molar-refractivity contribution in [2.75, 3.05) is 0 Å². The van der Waals surface area contributed by atoms with E-state index in [4.69, 9.17) is 5.26 Å². The highest BCUT2D eigenvalue weighted by atomic mass is 16.3. The normalized spacial score (nSPS) is 45.8. The van der Waals surface area contributed by atoms with Gasteiger partial charge in [-0.15, -0.1) is 0 Å². The third-order valence-electron chi connectivity index (χ3n) is 3.19. The summed E-state index contributed by atoms with van der Waals surface area (Å²) in [4.78, 5) is 11.2. The van der Waals surface area contributed by atoms with E-state index in [-0.39, 0.29) is 17.6 Å². The maximum Gasteiger partial charge on any atom is 0.154 e. The number of ketones is 1. The standard InChI is InChI=1S/C9H11NO2/c10-5-9(12)4-6-1-2-7(9)3-8(6)11/h6-7,12H,1-4H2. The summed E-state index contributed by atoms with van der Waals surface area (Å²) < 4.78 is 0. The zero-order valence-electron chi connectivity index (χ0n) is 6.79. The van der Waals surface area contributed by atoms with Gasteiger partial charge in [0.25, 0.3) is 0 Å². The number of hydrogen-bond acceptors (Lipinski definition) is 3. The van der Waals surface area contributed by atoms with Gasteiger partial charge in [0.05, 0.1) is 6.07 Å². The molecule has 3 saturated carbocycles. The van der Waals surface area contributed by atoms with E-state index >= 15 is 0 Å². The average molecular weight is 165 g/mol. The molecule has 0 spiro atoms. The molecule has 0 amide bonds. The molecule has 12 heavy (non-hydrogen) atoms. The number of carbonyl (C=O) groups is 1.